The minimum atomic E-state index is -0.0305. The second-order valence-electron chi connectivity index (χ2n) is 4.56. The summed E-state index contributed by atoms with van der Waals surface area (Å²) < 4.78 is 1.94. The average Bonchev–Trinajstić information content (AvgIpc) is 2.64. The van der Waals surface area contributed by atoms with Crippen LogP contribution >= 0.6 is 0 Å². The van der Waals surface area contributed by atoms with Gasteiger partial charge in [0.25, 0.3) is 0 Å². The normalized spacial score (nSPS) is 10.9. The third-order valence-corrected chi connectivity index (χ3v) is 2.64. The molecule has 0 saturated heterocycles. The third-order valence-electron chi connectivity index (χ3n) is 2.64. The molecule has 0 spiro atoms. The van der Waals surface area contributed by atoms with Crippen LogP contribution in [0.1, 0.15) is 13.8 Å². The zero-order chi connectivity index (χ0) is 13.1. The minimum Gasteiger partial charge on any atom is -0.352 e. The standard InChI is InChI=1S/C13H18N4O/c1-9(2)15-12(18)8-14-13-16-10-6-4-5-7-11(10)17(13)3/h4-7,9H,8H2,1-3H3,(H,14,16)(H,15,18). The lowest BCUT2D eigenvalue weighted by Gasteiger charge is -2.09. The Bertz CT molecular complexity index is 559. The highest BCUT2D eigenvalue weighted by atomic mass is 16.1. The van der Waals surface area contributed by atoms with E-state index in [1.807, 2.05) is 49.7 Å². The van der Waals surface area contributed by atoms with E-state index in [2.05, 4.69) is 15.6 Å². The number of rotatable bonds is 4. The second kappa shape index (κ2) is 5.08. The van der Waals surface area contributed by atoms with E-state index >= 15 is 0 Å². The number of nitrogens with zero attached hydrogens (tertiary/aromatic N) is 2. The summed E-state index contributed by atoms with van der Waals surface area (Å²) in [5.74, 6) is 0.673. The summed E-state index contributed by atoms with van der Waals surface area (Å²) >= 11 is 0. The number of benzene rings is 1. The van der Waals surface area contributed by atoms with Gasteiger partial charge < -0.3 is 15.2 Å². The summed E-state index contributed by atoms with van der Waals surface area (Å²) in [7, 11) is 1.93. The Hall–Kier alpha value is -2.04. The lowest BCUT2D eigenvalue weighted by Crippen LogP contribution is -2.35. The molecule has 0 aliphatic heterocycles. The molecule has 1 aromatic carbocycles. The summed E-state index contributed by atoms with van der Waals surface area (Å²) in [5.41, 5.74) is 1.97. The van der Waals surface area contributed by atoms with Crippen LogP contribution in [0.5, 0.6) is 0 Å². The second-order valence-corrected chi connectivity index (χ2v) is 4.56. The molecule has 0 radical (unpaired) electrons. The van der Waals surface area contributed by atoms with Crippen LogP contribution in [0.2, 0.25) is 0 Å². The Kier molecular flexibility index (Phi) is 3.50. The van der Waals surface area contributed by atoms with Crippen molar-refractivity contribution in [2.24, 2.45) is 7.05 Å². The van der Waals surface area contributed by atoms with Gasteiger partial charge in [-0.15, -0.1) is 0 Å². The molecule has 0 bridgehead atoms. The number of amides is 1. The molecule has 96 valence electrons. The van der Waals surface area contributed by atoms with Crippen molar-refractivity contribution in [1.82, 2.24) is 14.9 Å². The number of carbonyl (C=O) groups is 1. The monoisotopic (exact) mass is 246 g/mol. The molecular formula is C13H18N4O. The topological polar surface area (TPSA) is 59.0 Å². The summed E-state index contributed by atoms with van der Waals surface area (Å²) in [5, 5.41) is 5.88. The number of carbonyl (C=O) groups excluding carboxylic acids is 1. The predicted octanol–water partition coefficient (Wildman–Crippen LogP) is 1.51. The molecule has 5 heteroatoms. The number of para-hydroxylation sites is 2. The Morgan fingerprint density at radius 2 is 2.11 bits per heavy atom. The summed E-state index contributed by atoms with van der Waals surface area (Å²) in [6.07, 6.45) is 0. The zero-order valence-electron chi connectivity index (χ0n) is 10.9. The number of hydrogen-bond acceptors (Lipinski definition) is 3. The zero-order valence-corrected chi connectivity index (χ0v) is 10.9. The first-order valence-corrected chi connectivity index (χ1v) is 6.02. The number of anilines is 1. The van der Waals surface area contributed by atoms with Crippen LogP contribution in [0, 0.1) is 0 Å². The lowest BCUT2D eigenvalue weighted by atomic mass is 10.3. The molecule has 2 rings (SSSR count). The molecule has 0 fully saturated rings. The molecule has 2 N–H and O–H groups in total. The molecule has 0 aliphatic rings. The molecular weight excluding hydrogens is 228 g/mol. The fourth-order valence-electron chi connectivity index (χ4n) is 1.84. The number of imidazole rings is 1. The van der Waals surface area contributed by atoms with Crippen LogP contribution < -0.4 is 10.6 Å². The Morgan fingerprint density at radius 1 is 1.39 bits per heavy atom. The molecule has 5 nitrogen and oxygen atoms in total. The van der Waals surface area contributed by atoms with Crippen LogP contribution in [0.4, 0.5) is 5.95 Å². The van der Waals surface area contributed by atoms with Crippen molar-refractivity contribution in [3.05, 3.63) is 24.3 Å². The largest absolute Gasteiger partial charge is 0.352 e. The summed E-state index contributed by atoms with van der Waals surface area (Å²) in [6, 6.07) is 8.03. The van der Waals surface area contributed by atoms with Crippen LogP contribution in [0.25, 0.3) is 11.0 Å². The number of fused-ring (bicyclic) bond motifs is 1. The number of nitrogens with one attached hydrogen (secondary N) is 2. The maximum absolute atomic E-state index is 11.5. The highest BCUT2D eigenvalue weighted by Crippen LogP contribution is 2.16. The fourth-order valence-corrected chi connectivity index (χ4v) is 1.84. The average molecular weight is 246 g/mol. The molecule has 1 heterocycles. The van der Waals surface area contributed by atoms with Crippen LogP contribution in [0.15, 0.2) is 24.3 Å². The van der Waals surface area contributed by atoms with Gasteiger partial charge in [0.2, 0.25) is 11.9 Å². The molecule has 0 aliphatic carbocycles. The number of aromatic nitrogens is 2. The van der Waals surface area contributed by atoms with Gasteiger partial charge >= 0.3 is 0 Å². The quantitative estimate of drug-likeness (QED) is 0.859. The van der Waals surface area contributed by atoms with Gasteiger partial charge in [-0.1, -0.05) is 12.1 Å². The van der Waals surface area contributed by atoms with Crippen LogP contribution in [-0.4, -0.2) is 28.0 Å². The van der Waals surface area contributed by atoms with Crippen molar-refractivity contribution >= 4 is 22.9 Å². The van der Waals surface area contributed by atoms with Gasteiger partial charge in [-0.25, -0.2) is 4.98 Å². The van der Waals surface area contributed by atoms with E-state index in [1.165, 1.54) is 0 Å². The van der Waals surface area contributed by atoms with E-state index in [9.17, 15) is 4.79 Å². The molecule has 0 unspecified atom stereocenters. The molecule has 1 amide bonds. The van der Waals surface area contributed by atoms with Gasteiger partial charge in [-0.05, 0) is 26.0 Å². The SMILES string of the molecule is CC(C)NC(=O)CNc1nc2ccccc2n1C. The van der Waals surface area contributed by atoms with E-state index in [1.54, 1.807) is 0 Å². The van der Waals surface area contributed by atoms with Gasteiger partial charge in [0, 0.05) is 13.1 Å². The highest BCUT2D eigenvalue weighted by molar-refractivity contribution is 5.82. The van der Waals surface area contributed by atoms with Crippen LogP contribution in [0.3, 0.4) is 0 Å². The van der Waals surface area contributed by atoms with Gasteiger partial charge in [0.1, 0.15) is 0 Å². The highest BCUT2D eigenvalue weighted by Gasteiger charge is 2.08. The van der Waals surface area contributed by atoms with E-state index in [4.69, 9.17) is 0 Å². The molecule has 2 aromatic rings. The fraction of sp³-hybridized carbons (Fsp3) is 0.385. The van der Waals surface area contributed by atoms with Gasteiger partial charge in [0.05, 0.1) is 17.6 Å². The van der Waals surface area contributed by atoms with E-state index in [-0.39, 0.29) is 18.5 Å². The first kappa shape index (κ1) is 12.4. The van der Waals surface area contributed by atoms with Crippen molar-refractivity contribution in [3.8, 4) is 0 Å². The number of aryl methyl sites for hydroxylation is 1. The molecule has 18 heavy (non-hydrogen) atoms. The third kappa shape index (κ3) is 2.61. The van der Waals surface area contributed by atoms with E-state index in [0.717, 1.165) is 11.0 Å². The molecule has 1 aromatic heterocycles. The summed E-state index contributed by atoms with van der Waals surface area (Å²) in [6.45, 7) is 4.11. The Balaban J connectivity index is 2.08. The summed E-state index contributed by atoms with van der Waals surface area (Å²) in [4.78, 5) is 16.0. The van der Waals surface area contributed by atoms with Crippen LogP contribution in [-0.2, 0) is 11.8 Å². The van der Waals surface area contributed by atoms with Crippen molar-refractivity contribution in [2.45, 2.75) is 19.9 Å². The Labute approximate surface area is 106 Å². The van der Waals surface area contributed by atoms with Crippen molar-refractivity contribution in [3.63, 3.8) is 0 Å². The number of hydrogen-bond donors (Lipinski definition) is 2. The van der Waals surface area contributed by atoms with E-state index in [0.29, 0.717) is 5.95 Å². The maximum Gasteiger partial charge on any atom is 0.239 e. The van der Waals surface area contributed by atoms with E-state index < -0.39 is 0 Å². The molecule has 0 saturated carbocycles. The first-order valence-electron chi connectivity index (χ1n) is 6.02. The first-order chi connectivity index (χ1) is 8.58. The Morgan fingerprint density at radius 3 is 2.78 bits per heavy atom. The van der Waals surface area contributed by atoms with Gasteiger partial charge in [-0.3, -0.25) is 4.79 Å². The van der Waals surface area contributed by atoms with Crippen molar-refractivity contribution < 1.29 is 4.79 Å². The minimum absolute atomic E-state index is 0.0305. The lowest BCUT2D eigenvalue weighted by molar-refractivity contribution is -0.119. The molecule has 0 atom stereocenters. The van der Waals surface area contributed by atoms with Crippen molar-refractivity contribution in [2.75, 3.05) is 11.9 Å². The maximum atomic E-state index is 11.5. The van der Waals surface area contributed by atoms with Gasteiger partial charge in [0.15, 0.2) is 0 Å². The smallest absolute Gasteiger partial charge is 0.239 e. The van der Waals surface area contributed by atoms with Crippen molar-refractivity contribution in [1.29, 1.82) is 0 Å². The predicted molar refractivity (Wildman–Crippen MR) is 72.5 cm³/mol. The van der Waals surface area contributed by atoms with Gasteiger partial charge in [-0.2, -0.15) is 0 Å².